The third kappa shape index (κ3) is 1.34. The summed E-state index contributed by atoms with van der Waals surface area (Å²) < 4.78 is 0. The lowest BCUT2D eigenvalue weighted by atomic mass is 9.67. The van der Waals surface area contributed by atoms with Crippen LogP contribution < -0.4 is 0 Å². The first-order valence-electron chi connectivity index (χ1n) is 6.80. The van der Waals surface area contributed by atoms with Crippen molar-refractivity contribution in [2.75, 3.05) is 0 Å². The van der Waals surface area contributed by atoms with E-state index >= 15 is 0 Å². The van der Waals surface area contributed by atoms with E-state index in [0.717, 1.165) is 0 Å². The maximum absolute atomic E-state index is 2.47. The topological polar surface area (TPSA) is 3.24 Å². The summed E-state index contributed by atoms with van der Waals surface area (Å²) in [5.41, 5.74) is 1.49. The van der Waals surface area contributed by atoms with Crippen LogP contribution >= 0.6 is 0 Å². The first kappa shape index (κ1) is 10.2. The Hall–Kier alpha value is -1.76. The van der Waals surface area contributed by atoms with E-state index < -0.39 is 0 Å². The molecule has 90 valence electrons. The molecule has 0 saturated carbocycles. The Morgan fingerprint density at radius 3 is 2.67 bits per heavy atom. The van der Waals surface area contributed by atoms with Crippen LogP contribution in [0.25, 0.3) is 0 Å². The van der Waals surface area contributed by atoms with E-state index in [1.807, 2.05) is 0 Å². The van der Waals surface area contributed by atoms with E-state index in [2.05, 4.69) is 71.9 Å². The van der Waals surface area contributed by atoms with Crippen LogP contribution in [0.15, 0.2) is 72.7 Å². The number of hydrogen-bond donors (Lipinski definition) is 0. The van der Waals surface area contributed by atoms with Crippen molar-refractivity contribution < 1.29 is 0 Å². The lowest BCUT2D eigenvalue weighted by Gasteiger charge is -2.50. The van der Waals surface area contributed by atoms with E-state index in [1.54, 1.807) is 0 Å². The molecule has 4 unspecified atom stereocenters. The van der Waals surface area contributed by atoms with Crippen molar-refractivity contribution in [1.82, 2.24) is 4.90 Å². The van der Waals surface area contributed by atoms with Gasteiger partial charge in [-0.25, -0.2) is 0 Å². The highest BCUT2D eigenvalue weighted by atomic mass is 15.2. The Labute approximate surface area is 108 Å². The normalized spacial score (nSPS) is 39.1. The molecule has 1 nitrogen and oxygen atoms in total. The zero-order chi connectivity index (χ0) is 11.9. The van der Waals surface area contributed by atoms with Crippen molar-refractivity contribution >= 4 is 0 Å². The van der Waals surface area contributed by atoms with Gasteiger partial charge in [0.2, 0.25) is 0 Å². The van der Waals surface area contributed by atoms with Gasteiger partial charge in [-0.2, -0.15) is 0 Å². The van der Waals surface area contributed by atoms with E-state index in [1.165, 1.54) is 12.1 Å². The monoisotopic (exact) mass is 235 g/mol. The van der Waals surface area contributed by atoms with Gasteiger partial charge in [-0.3, -0.25) is 0 Å². The zero-order valence-corrected chi connectivity index (χ0v) is 10.3. The van der Waals surface area contributed by atoms with Gasteiger partial charge >= 0.3 is 0 Å². The fraction of sp³-hybridized carbons (Fsp3) is 0.294. The maximum Gasteiger partial charge on any atom is 0.0585 e. The quantitative estimate of drug-likeness (QED) is 0.620. The van der Waals surface area contributed by atoms with Crippen molar-refractivity contribution in [3.05, 3.63) is 72.7 Å². The van der Waals surface area contributed by atoms with Crippen molar-refractivity contribution in [3.8, 4) is 0 Å². The molecule has 0 aromatic heterocycles. The highest BCUT2D eigenvalue weighted by molar-refractivity contribution is 5.35. The Bertz CT molecular complexity index is 515. The van der Waals surface area contributed by atoms with Gasteiger partial charge in [-0.05, 0) is 24.5 Å². The molecule has 2 aliphatic heterocycles. The standard InChI is InChI=1S/C17H17N/c1-2-8-14-13(7-1)15-9-3-4-10-16(15)18-12-6-5-11-17(14)18/h1-8,10-15,17H,9H2. The van der Waals surface area contributed by atoms with Crippen LogP contribution in [-0.4, -0.2) is 10.9 Å². The van der Waals surface area contributed by atoms with E-state index in [4.69, 9.17) is 0 Å². The third-order valence-corrected chi connectivity index (χ3v) is 4.54. The summed E-state index contributed by atoms with van der Waals surface area (Å²) in [5, 5.41) is 0. The molecule has 0 spiro atoms. The van der Waals surface area contributed by atoms with Gasteiger partial charge in [-0.1, -0.05) is 48.6 Å². The molecule has 2 heterocycles. The Balaban J connectivity index is 1.82. The van der Waals surface area contributed by atoms with Crippen LogP contribution in [0.1, 0.15) is 6.42 Å². The number of rotatable bonds is 0. The Kier molecular flexibility index (Phi) is 2.19. The summed E-state index contributed by atoms with van der Waals surface area (Å²) in [6, 6.07) is 0.496. The number of piperidine rings is 1. The molecule has 4 atom stereocenters. The van der Waals surface area contributed by atoms with Crippen molar-refractivity contribution in [3.63, 3.8) is 0 Å². The fourth-order valence-electron chi connectivity index (χ4n) is 3.74. The first-order chi connectivity index (χ1) is 8.95. The minimum absolute atomic E-state index is 0.496. The van der Waals surface area contributed by atoms with Crippen LogP contribution in [0.5, 0.6) is 0 Å². The molecule has 1 heteroatoms. The molecule has 4 aliphatic rings. The van der Waals surface area contributed by atoms with Gasteiger partial charge in [0.15, 0.2) is 0 Å². The summed E-state index contributed by atoms with van der Waals surface area (Å²) in [5.74, 6) is 1.92. The van der Waals surface area contributed by atoms with Crippen LogP contribution in [-0.2, 0) is 0 Å². The highest BCUT2D eigenvalue weighted by Crippen LogP contribution is 2.46. The van der Waals surface area contributed by atoms with Crippen LogP contribution in [0.3, 0.4) is 0 Å². The second-order valence-corrected chi connectivity index (χ2v) is 5.41. The second-order valence-electron chi connectivity index (χ2n) is 5.41. The molecule has 0 aromatic carbocycles. The van der Waals surface area contributed by atoms with Gasteiger partial charge in [0.1, 0.15) is 0 Å². The van der Waals surface area contributed by atoms with Gasteiger partial charge < -0.3 is 4.90 Å². The minimum atomic E-state index is 0.496. The molecule has 0 amide bonds. The molecule has 1 fully saturated rings. The lowest BCUT2D eigenvalue weighted by Crippen LogP contribution is -2.49. The number of fused-ring (bicyclic) bond motifs is 6. The maximum atomic E-state index is 2.47. The second kappa shape index (κ2) is 3.88. The molecule has 0 N–H and O–H groups in total. The molecule has 4 rings (SSSR count). The molecule has 0 radical (unpaired) electrons. The number of hydrogen-bond acceptors (Lipinski definition) is 1. The predicted octanol–water partition coefficient (Wildman–Crippen LogP) is 3.57. The molecule has 1 saturated heterocycles. The Morgan fingerprint density at radius 2 is 1.72 bits per heavy atom. The van der Waals surface area contributed by atoms with Crippen molar-refractivity contribution in [1.29, 1.82) is 0 Å². The molecular formula is C17H17N. The van der Waals surface area contributed by atoms with Crippen LogP contribution in [0.2, 0.25) is 0 Å². The summed E-state index contributed by atoms with van der Waals surface area (Å²) in [6.45, 7) is 0. The molecule has 0 aromatic rings. The number of nitrogens with zero attached hydrogens (tertiary/aromatic N) is 1. The van der Waals surface area contributed by atoms with Crippen LogP contribution in [0, 0.1) is 17.8 Å². The molecule has 2 aliphatic carbocycles. The highest BCUT2D eigenvalue weighted by Gasteiger charge is 2.43. The largest absolute Gasteiger partial charge is 0.344 e. The zero-order valence-electron chi connectivity index (χ0n) is 10.3. The lowest BCUT2D eigenvalue weighted by molar-refractivity contribution is 0.156. The van der Waals surface area contributed by atoms with E-state index in [-0.39, 0.29) is 0 Å². The fourth-order valence-corrected chi connectivity index (χ4v) is 3.74. The van der Waals surface area contributed by atoms with Gasteiger partial charge in [0.25, 0.3) is 0 Å². The molecule has 0 bridgehead atoms. The third-order valence-electron chi connectivity index (χ3n) is 4.54. The average Bonchev–Trinajstić information content (AvgIpc) is 2.48. The molecular weight excluding hydrogens is 218 g/mol. The van der Waals surface area contributed by atoms with Crippen LogP contribution in [0.4, 0.5) is 0 Å². The van der Waals surface area contributed by atoms with Crippen molar-refractivity contribution in [2.24, 2.45) is 17.8 Å². The van der Waals surface area contributed by atoms with Gasteiger partial charge in [0, 0.05) is 23.7 Å². The summed E-state index contributed by atoms with van der Waals surface area (Å²) in [4.78, 5) is 2.47. The average molecular weight is 235 g/mol. The summed E-state index contributed by atoms with van der Waals surface area (Å²) >= 11 is 0. The van der Waals surface area contributed by atoms with Gasteiger partial charge in [-0.15, -0.1) is 0 Å². The van der Waals surface area contributed by atoms with Crippen molar-refractivity contribution in [2.45, 2.75) is 12.5 Å². The SMILES string of the molecule is C1=CCC2C(=C1)N1C=CC=CC1C1C=CC=CC21. The smallest absolute Gasteiger partial charge is 0.0585 e. The molecule has 18 heavy (non-hydrogen) atoms. The predicted molar refractivity (Wildman–Crippen MR) is 74.5 cm³/mol. The number of allylic oxidation sites excluding steroid dienone is 9. The van der Waals surface area contributed by atoms with Gasteiger partial charge in [0.05, 0.1) is 6.04 Å². The van der Waals surface area contributed by atoms with E-state index in [9.17, 15) is 0 Å². The Morgan fingerprint density at radius 1 is 0.889 bits per heavy atom. The minimum Gasteiger partial charge on any atom is -0.344 e. The first-order valence-corrected chi connectivity index (χ1v) is 6.80. The van der Waals surface area contributed by atoms with E-state index in [0.29, 0.717) is 23.8 Å². The summed E-state index contributed by atoms with van der Waals surface area (Å²) in [7, 11) is 0. The summed E-state index contributed by atoms with van der Waals surface area (Å²) in [6.07, 6.45) is 26.1.